The Morgan fingerprint density at radius 1 is 1.44 bits per heavy atom. The molecule has 1 amide bonds. The molecule has 0 radical (unpaired) electrons. The standard InChI is InChI=1S/C14H23N3O/c1-4-15-13-10-12(7-9-16-13)14(18)17-8-5-6-11(2)3/h7,9-11H,4-6,8H2,1-3H3,(H,15,16)(H,17,18). The van der Waals surface area contributed by atoms with Crippen molar-refractivity contribution in [3.05, 3.63) is 23.9 Å². The first-order valence-corrected chi connectivity index (χ1v) is 6.61. The molecule has 0 unspecified atom stereocenters. The molecule has 0 bridgehead atoms. The third-order valence-electron chi connectivity index (χ3n) is 2.62. The minimum atomic E-state index is -0.0275. The SMILES string of the molecule is CCNc1cc(C(=O)NCCCC(C)C)ccn1. The fourth-order valence-corrected chi connectivity index (χ4v) is 1.66. The number of carbonyl (C=O) groups is 1. The van der Waals surface area contributed by atoms with Crippen LogP contribution in [-0.4, -0.2) is 24.0 Å². The zero-order chi connectivity index (χ0) is 13.4. The number of pyridine rings is 1. The van der Waals surface area contributed by atoms with Crippen LogP contribution >= 0.6 is 0 Å². The Morgan fingerprint density at radius 3 is 2.89 bits per heavy atom. The third-order valence-corrected chi connectivity index (χ3v) is 2.62. The molecule has 0 fully saturated rings. The van der Waals surface area contributed by atoms with Crippen LogP contribution in [0.3, 0.4) is 0 Å². The molecule has 0 aliphatic rings. The number of rotatable bonds is 7. The van der Waals surface area contributed by atoms with E-state index in [4.69, 9.17) is 0 Å². The van der Waals surface area contributed by atoms with Crippen molar-refractivity contribution in [2.75, 3.05) is 18.4 Å². The maximum Gasteiger partial charge on any atom is 0.251 e. The van der Waals surface area contributed by atoms with Crippen molar-refractivity contribution in [1.82, 2.24) is 10.3 Å². The van der Waals surface area contributed by atoms with Gasteiger partial charge in [-0.3, -0.25) is 4.79 Å². The number of nitrogens with zero attached hydrogens (tertiary/aromatic N) is 1. The third kappa shape index (κ3) is 5.17. The minimum Gasteiger partial charge on any atom is -0.370 e. The maximum atomic E-state index is 11.9. The first-order chi connectivity index (χ1) is 8.63. The van der Waals surface area contributed by atoms with Gasteiger partial charge in [0, 0.05) is 24.8 Å². The van der Waals surface area contributed by atoms with Gasteiger partial charge in [-0.2, -0.15) is 0 Å². The summed E-state index contributed by atoms with van der Waals surface area (Å²) in [4.78, 5) is 16.0. The van der Waals surface area contributed by atoms with Gasteiger partial charge in [0.25, 0.3) is 5.91 Å². The quantitative estimate of drug-likeness (QED) is 0.730. The molecule has 1 aromatic heterocycles. The summed E-state index contributed by atoms with van der Waals surface area (Å²) in [5, 5.41) is 6.02. The summed E-state index contributed by atoms with van der Waals surface area (Å²) in [6.45, 7) is 7.91. The molecule has 0 saturated heterocycles. The Bertz CT molecular complexity index is 377. The zero-order valence-corrected chi connectivity index (χ0v) is 11.5. The molecule has 0 saturated carbocycles. The predicted molar refractivity (Wildman–Crippen MR) is 74.8 cm³/mol. The Balaban J connectivity index is 2.43. The molecule has 1 rings (SSSR count). The van der Waals surface area contributed by atoms with Crippen molar-refractivity contribution in [3.8, 4) is 0 Å². The molecule has 100 valence electrons. The molecular formula is C14H23N3O. The lowest BCUT2D eigenvalue weighted by molar-refractivity contribution is 0.0952. The Morgan fingerprint density at radius 2 is 2.22 bits per heavy atom. The summed E-state index contributed by atoms with van der Waals surface area (Å²) >= 11 is 0. The average Bonchev–Trinajstić information content (AvgIpc) is 2.35. The van der Waals surface area contributed by atoms with Crippen LogP contribution in [0, 0.1) is 5.92 Å². The van der Waals surface area contributed by atoms with Gasteiger partial charge in [0.1, 0.15) is 5.82 Å². The monoisotopic (exact) mass is 249 g/mol. The lowest BCUT2D eigenvalue weighted by Crippen LogP contribution is -2.24. The summed E-state index contributed by atoms with van der Waals surface area (Å²) in [7, 11) is 0. The molecule has 1 aromatic rings. The largest absolute Gasteiger partial charge is 0.370 e. The van der Waals surface area contributed by atoms with E-state index in [9.17, 15) is 4.79 Å². The summed E-state index contributed by atoms with van der Waals surface area (Å²) in [5.41, 5.74) is 0.658. The second kappa shape index (κ2) is 7.69. The normalized spacial score (nSPS) is 10.4. The van der Waals surface area contributed by atoms with Gasteiger partial charge in [-0.25, -0.2) is 4.98 Å². The van der Waals surface area contributed by atoms with Crippen molar-refractivity contribution >= 4 is 11.7 Å². The van der Waals surface area contributed by atoms with Crippen LogP contribution in [0.15, 0.2) is 18.3 Å². The van der Waals surface area contributed by atoms with Gasteiger partial charge in [0.15, 0.2) is 0 Å². The van der Waals surface area contributed by atoms with Gasteiger partial charge in [0.2, 0.25) is 0 Å². The first-order valence-electron chi connectivity index (χ1n) is 6.61. The fraction of sp³-hybridized carbons (Fsp3) is 0.571. The molecular weight excluding hydrogens is 226 g/mol. The number of hydrogen-bond acceptors (Lipinski definition) is 3. The second-order valence-corrected chi connectivity index (χ2v) is 4.75. The fourth-order valence-electron chi connectivity index (χ4n) is 1.66. The highest BCUT2D eigenvalue weighted by Crippen LogP contribution is 2.07. The van der Waals surface area contributed by atoms with Crippen LogP contribution in [0.1, 0.15) is 44.0 Å². The summed E-state index contributed by atoms with van der Waals surface area (Å²) in [6.07, 6.45) is 3.81. The zero-order valence-electron chi connectivity index (χ0n) is 11.5. The highest BCUT2D eigenvalue weighted by atomic mass is 16.1. The molecule has 0 aromatic carbocycles. The molecule has 0 spiro atoms. The summed E-state index contributed by atoms with van der Waals surface area (Å²) < 4.78 is 0. The lowest BCUT2D eigenvalue weighted by atomic mass is 10.1. The van der Waals surface area contributed by atoms with Crippen LogP contribution in [0.25, 0.3) is 0 Å². The molecule has 1 heterocycles. The van der Waals surface area contributed by atoms with Gasteiger partial charge >= 0.3 is 0 Å². The molecule has 4 heteroatoms. The summed E-state index contributed by atoms with van der Waals surface area (Å²) in [6, 6.07) is 3.51. The van der Waals surface area contributed by atoms with E-state index in [1.165, 1.54) is 0 Å². The van der Waals surface area contributed by atoms with E-state index in [1.54, 1.807) is 18.3 Å². The van der Waals surface area contributed by atoms with Crippen molar-refractivity contribution in [2.45, 2.75) is 33.6 Å². The summed E-state index contributed by atoms with van der Waals surface area (Å²) in [5.74, 6) is 1.40. The van der Waals surface area contributed by atoms with Crippen LogP contribution in [0.2, 0.25) is 0 Å². The van der Waals surface area contributed by atoms with E-state index in [-0.39, 0.29) is 5.91 Å². The maximum absolute atomic E-state index is 11.9. The Labute approximate surface area is 109 Å². The van der Waals surface area contributed by atoms with E-state index >= 15 is 0 Å². The highest BCUT2D eigenvalue weighted by Gasteiger charge is 2.06. The topological polar surface area (TPSA) is 54.0 Å². The van der Waals surface area contributed by atoms with Gasteiger partial charge in [-0.15, -0.1) is 0 Å². The van der Waals surface area contributed by atoms with Gasteiger partial charge in [0.05, 0.1) is 0 Å². The highest BCUT2D eigenvalue weighted by molar-refractivity contribution is 5.94. The van der Waals surface area contributed by atoms with Crippen molar-refractivity contribution in [3.63, 3.8) is 0 Å². The number of nitrogens with one attached hydrogen (secondary N) is 2. The van der Waals surface area contributed by atoms with Gasteiger partial charge < -0.3 is 10.6 Å². The number of carbonyl (C=O) groups excluding carboxylic acids is 1. The van der Waals surface area contributed by atoms with Crippen LogP contribution in [0.5, 0.6) is 0 Å². The second-order valence-electron chi connectivity index (χ2n) is 4.75. The van der Waals surface area contributed by atoms with Crippen molar-refractivity contribution < 1.29 is 4.79 Å². The van der Waals surface area contributed by atoms with Crippen molar-refractivity contribution in [1.29, 1.82) is 0 Å². The molecule has 0 aliphatic carbocycles. The molecule has 2 N–H and O–H groups in total. The molecule has 0 aliphatic heterocycles. The smallest absolute Gasteiger partial charge is 0.251 e. The van der Waals surface area contributed by atoms with Crippen LogP contribution in [-0.2, 0) is 0 Å². The average molecular weight is 249 g/mol. The minimum absolute atomic E-state index is 0.0275. The molecule has 18 heavy (non-hydrogen) atoms. The number of hydrogen-bond donors (Lipinski definition) is 2. The Hall–Kier alpha value is -1.58. The van der Waals surface area contributed by atoms with E-state index in [1.807, 2.05) is 6.92 Å². The van der Waals surface area contributed by atoms with Crippen LogP contribution in [0.4, 0.5) is 5.82 Å². The van der Waals surface area contributed by atoms with E-state index < -0.39 is 0 Å². The van der Waals surface area contributed by atoms with E-state index in [0.717, 1.165) is 31.7 Å². The predicted octanol–water partition coefficient (Wildman–Crippen LogP) is 2.68. The van der Waals surface area contributed by atoms with E-state index in [2.05, 4.69) is 29.5 Å². The lowest BCUT2D eigenvalue weighted by Gasteiger charge is -2.08. The Kier molecular flexibility index (Phi) is 6.19. The van der Waals surface area contributed by atoms with Crippen molar-refractivity contribution in [2.24, 2.45) is 5.92 Å². The molecule has 0 atom stereocenters. The number of anilines is 1. The van der Waals surface area contributed by atoms with E-state index in [0.29, 0.717) is 11.5 Å². The number of amides is 1. The first kappa shape index (κ1) is 14.5. The van der Waals surface area contributed by atoms with Crippen LogP contribution < -0.4 is 10.6 Å². The van der Waals surface area contributed by atoms with Gasteiger partial charge in [-0.1, -0.05) is 13.8 Å². The number of aromatic nitrogens is 1. The van der Waals surface area contributed by atoms with Gasteiger partial charge in [-0.05, 0) is 37.8 Å². The molecule has 4 nitrogen and oxygen atoms in total.